The second-order valence-electron chi connectivity index (χ2n) is 1.43. The summed E-state index contributed by atoms with van der Waals surface area (Å²) in [5, 5.41) is 0. The molecule has 1 amide bonds. The number of amides is 1. The lowest BCUT2D eigenvalue weighted by atomic mass is 10.4. The summed E-state index contributed by atoms with van der Waals surface area (Å²) in [5.74, 6) is -0.590. The van der Waals surface area contributed by atoms with Crippen molar-refractivity contribution >= 4 is 12.0 Å². The van der Waals surface area contributed by atoms with Crippen molar-refractivity contribution in [2.24, 2.45) is 4.99 Å². The van der Waals surface area contributed by atoms with Crippen LogP contribution >= 0.6 is 0 Å². The van der Waals surface area contributed by atoms with Crippen molar-refractivity contribution in [1.82, 2.24) is 0 Å². The van der Waals surface area contributed by atoms with Crippen molar-refractivity contribution in [3.63, 3.8) is 0 Å². The summed E-state index contributed by atoms with van der Waals surface area (Å²) in [5.41, 5.74) is 0. The molecular formula is C7H7NO2. The van der Waals surface area contributed by atoms with Crippen LogP contribution in [0.5, 0.6) is 0 Å². The van der Waals surface area contributed by atoms with Crippen LogP contribution in [0.4, 0.5) is 0 Å². The highest BCUT2D eigenvalue weighted by molar-refractivity contribution is 5.91. The molecule has 0 spiro atoms. The molecule has 0 atom stereocenters. The van der Waals surface area contributed by atoms with Gasteiger partial charge in [0, 0.05) is 6.08 Å². The number of hydrogen-bond donors (Lipinski definition) is 0. The van der Waals surface area contributed by atoms with Gasteiger partial charge in [-0.05, 0) is 6.92 Å². The van der Waals surface area contributed by atoms with Gasteiger partial charge in [0.1, 0.15) is 0 Å². The van der Waals surface area contributed by atoms with Crippen molar-refractivity contribution in [3.05, 3.63) is 24.3 Å². The monoisotopic (exact) mass is 137 g/mol. The predicted molar refractivity (Wildman–Crippen MR) is 37.1 cm³/mol. The van der Waals surface area contributed by atoms with E-state index in [1.807, 2.05) is 6.92 Å². The maximum Gasteiger partial charge on any atom is 0.280 e. The Morgan fingerprint density at radius 2 is 2.20 bits per heavy atom. The van der Waals surface area contributed by atoms with Gasteiger partial charge in [-0.15, -0.1) is 4.99 Å². The van der Waals surface area contributed by atoms with Crippen LogP contribution < -0.4 is 0 Å². The third-order valence-corrected chi connectivity index (χ3v) is 0.698. The molecule has 0 unspecified atom stereocenters. The quantitative estimate of drug-likeness (QED) is 0.246. The minimum atomic E-state index is -0.590. The van der Waals surface area contributed by atoms with Crippen molar-refractivity contribution in [3.8, 4) is 0 Å². The van der Waals surface area contributed by atoms with E-state index in [0.29, 0.717) is 0 Å². The van der Waals surface area contributed by atoms with Gasteiger partial charge in [0.2, 0.25) is 6.08 Å². The average molecular weight is 137 g/mol. The molecule has 0 bridgehead atoms. The second kappa shape index (κ2) is 5.66. The van der Waals surface area contributed by atoms with Gasteiger partial charge in [0.25, 0.3) is 5.91 Å². The van der Waals surface area contributed by atoms with Gasteiger partial charge in [-0.25, -0.2) is 4.79 Å². The molecule has 10 heavy (non-hydrogen) atoms. The summed E-state index contributed by atoms with van der Waals surface area (Å²) in [6.45, 7) is 1.82. The fourth-order valence-corrected chi connectivity index (χ4v) is 0.331. The van der Waals surface area contributed by atoms with Gasteiger partial charge in [-0.1, -0.05) is 18.2 Å². The number of isocyanates is 1. The van der Waals surface area contributed by atoms with Crippen molar-refractivity contribution < 1.29 is 9.59 Å². The number of allylic oxidation sites excluding steroid dienone is 3. The number of carbonyl (C=O) groups excluding carboxylic acids is 2. The third kappa shape index (κ3) is 4.68. The van der Waals surface area contributed by atoms with Crippen LogP contribution in [0.25, 0.3) is 0 Å². The highest BCUT2D eigenvalue weighted by Gasteiger charge is 1.84. The van der Waals surface area contributed by atoms with Crippen LogP contribution in [0, 0.1) is 0 Å². The molecule has 3 nitrogen and oxygen atoms in total. The molecule has 0 fully saturated rings. The summed E-state index contributed by atoms with van der Waals surface area (Å²) >= 11 is 0. The summed E-state index contributed by atoms with van der Waals surface area (Å²) in [6, 6.07) is 0. The lowest BCUT2D eigenvalue weighted by Gasteiger charge is -1.72. The van der Waals surface area contributed by atoms with Crippen LogP contribution in [0.15, 0.2) is 29.3 Å². The highest BCUT2D eigenvalue weighted by atomic mass is 16.2. The molecule has 0 aromatic carbocycles. The van der Waals surface area contributed by atoms with Crippen molar-refractivity contribution in [2.45, 2.75) is 6.92 Å². The van der Waals surface area contributed by atoms with Crippen molar-refractivity contribution in [1.29, 1.82) is 0 Å². The Morgan fingerprint density at radius 3 is 2.70 bits per heavy atom. The van der Waals surface area contributed by atoms with E-state index >= 15 is 0 Å². The van der Waals surface area contributed by atoms with Gasteiger partial charge in [0.15, 0.2) is 0 Å². The Kier molecular flexibility index (Phi) is 4.83. The SMILES string of the molecule is CC=CC=CC(=O)N=C=O. The molecule has 0 rings (SSSR count). The van der Waals surface area contributed by atoms with E-state index in [4.69, 9.17) is 0 Å². The second-order valence-corrected chi connectivity index (χ2v) is 1.43. The molecule has 0 N–H and O–H groups in total. The zero-order valence-corrected chi connectivity index (χ0v) is 5.57. The molecular weight excluding hydrogens is 130 g/mol. The van der Waals surface area contributed by atoms with E-state index in [1.54, 1.807) is 12.2 Å². The van der Waals surface area contributed by atoms with Crippen LogP contribution in [-0.4, -0.2) is 12.0 Å². The van der Waals surface area contributed by atoms with Crippen LogP contribution in [-0.2, 0) is 9.59 Å². The fourth-order valence-electron chi connectivity index (χ4n) is 0.331. The topological polar surface area (TPSA) is 46.5 Å². The van der Waals surface area contributed by atoms with E-state index in [0.717, 1.165) is 6.08 Å². The molecule has 0 aliphatic heterocycles. The summed E-state index contributed by atoms with van der Waals surface area (Å²) in [4.78, 5) is 22.7. The Balaban J connectivity index is 3.89. The summed E-state index contributed by atoms with van der Waals surface area (Å²) < 4.78 is 0. The first-order valence-corrected chi connectivity index (χ1v) is 2.72. The zero-order valence-electron chi connectivity index (χ0n) is 5.57. The van der Waals surface area contributed by atoms with E-state index < -0.39 is 5.91 Å². The minimum absolute atomic E-state index is 0.590. The van der Waals surface area contributed by atoms with Gasteiger partial charge in [-0.2, -0.15) is 0 Å². The van der Waals surface area contributed by atoms with Gasteiger partial charge in [-0.3, -0.25) is 4.79 Å². The molecule has 0 radical (unpaired) electrons. The number of hydrogen-bond acceptors (Lipinski definition) is 2. The van der Waals surface area contributed by atoms with E-state index in [1.165, 1.54) is 12.2 Å². The molecule has 0 aromatic heterocycles. The highest BCUT2D eigenvalue weighted by Crippen LogP contribution is 1.79. The van der Waals surface area contributed by atoms with Crippen LogP contribution in [0.1, 0.15) is 6.92 Å². The standard InChI is InChI=1S/C7H7NO2/c1-2-3-4-5-7(10)8-6-9/h2-5H,1H3. The number of rotatable bonds is 2. The first kappa shape index (κ1) is 8.53. The smallest absolute Gasteiger partial charge is 0.267 e. The molecule has 0 aromatic rings. The minimum Gasteiger partial charge on any atom is -0.267 e. The number of aliphatic imine (C=N–C) groups is 1. The normalized spacial score (nSPS) is 10.1. The predicted octanol–water partition coefficient (Wildman–Crippen LogP) is 0.981. The Hall–Kier alpha value is -1.47. The molecule has 52 valence electrons. The van der Waals surface area contributed by atoms with Gasteiger partial charge >= 0.3 is 0 Å². The summed E-state index contributed by atoms with van der Waals surface area (Å²) in [6.07, 6.45) is 7.26. The molecule has 0 saturated heterocycles. The lowest BCUT2D eigenvalue weighted by Crippen LogP contribution is -1.82. The number of nitrogens with zero attached hydrogens (tertiary/aromatic N) is 1. The fraction of sp³-hybridized carbons (Fsp3) is 0.143. The Morgan fingerprint density at radius 1 is 1.50 bits per heavy atom. The molecule has 0 heterocycles. The van der Waals surface area contributed by atoms with Crippen LogP contribution in [0.2, 0.25) is 0 Å². The van der Waals surface area contributed by atoms with Crippen LogP contribution in [0.3, 0.4) is 0 Å². The number of carbonyl (C=O) groups is 1. The first-order valence-electron chi connectivity index (χ1n) is 2.72. The molecule has 0 aliphatic carbocycles. The van der Waals surface area contributed by atoms with E-state index in [9.17, 15) is 9.59 Å². The van der Waals surface area contributed by atoms with Gasteiger partial charge in [0.05, 0.1) is 0 Å². The maximum atomic E-state index is 10.4. The zero-order chi connectivity index (χ0) is 7.82. The largest absolute Gasteiger partial charge is 0.280 e. The van der Waals surface area contributed by atoms with Gasteiger partial charge < -0.3 is 0 Å². The maximum absolute atomic E-state index is 10.4. The lowest BCUT2D eigenvalue weighted by molar-refractivity contribution is -0.113. The molecule has 0 saturated carbocycles. The third-order valence-electron chi connectivity index (χ3n) is 0.698. The van der Waals surface area contributed by atoms with Crippen molar-refractivity contribution in [2.75, 3.05) is 0 Å². The van der Waals surface area contributed by atoms with E-state index in [-0.39, 0.29) is 0 Å². The molecule has 0 aliphatic rings. The van der Waals surface area contributed by atoms with E-state index in [2.05, 4.69) is 4.99 Å². The Bertz CT molecular complexity index is 210. The molecule has 3 heteroatoms. The first-order chi connectivity index (χ1) is 4.81. The summed E-state index contributed by atoms with van der Waals surface area (Å²) in [7, 11) is 0. The average Bonchev–Trinajstić information content (AvgIpc) is 1.89. The Labute approximate surface area is 58.8 Å².